The van der Waals surface area contributed by atoms with Crippen LogP contribution >= 0.6 is 15.8 Å². The molecule has 4 aromatic rings. The topological polar surface area (TPSA) is 18.5 Å². The lowest BCUT2D eigenvalue weighted by atomic mass is 10.1. The van der Waals surface area contributed by atoms with Gasteiger partial charge in [0, 0.05) is 11.3 Å². The van der Waals surface area contributed by atoms with E-state index < -0.39 is 21.6 Å². The molecule has 5 rings (SSSR count). The van der Waals surface area contributed by atoms with Gasteiger partial charge in [-0.25, -0.2) is 0 Å². The molecule has 0 spiro atoms. The van der Waals surface area contributed by atoms with E-state index in [4.69, 9.17) is 9.47 Å². The fourth-order valence-electron chi connectivity index (χ4n) is 5.45. The van der Waals surface area contributed by atoms with Gasteiger partial charge in [0.2, 0.25) is 0 Å². The van der Waals surface area contributed by atoms with E-state index in [2.05, 4.69) is 149 Å². The standard InChI is InChI=1S/C33H36O2P2/c1-25(36(27-17-9-5-10-18-27)28-19-11-6-12-20-28)31-32(35-33(3,4)34-31)26(2)37(29-21-13-7-14-22-29)30-23-15-8-16-24-30/h5-26,31-32H,1-4H3/t25-,26-,31-,32-/m1/s1. The Balaban J connectivity index is 1.55. The number of rotatable bonds is 8. The fraction of sp³-hybridized carbons (Fsp3) is 0.273. The average Bonchev–Trinajstić information content (AvgIpc) is 3.27. The third-order valence-corrected chi connectivity index (χ3v) is 12.7. The Morgan fingerprint density at radius 2 is 0.730 bits per heavy atom. The molecule has 4 aromatic carbocycles. The van der Waals surface area contributed by atoms with Crippen LogP contribution in [0.2, 0.25) is 0 Å². The monoisotopic (exact) mass is 526 g/mol. The molecule has 0 radical (unpaired) electrons. The zero-order valence-electron chi connectivity index (χ0n) is 22.1. The molecular formula is C33H36O2P2. The molecule has 2 nitrogen and oxygen atoms in total. The van der Waals surface area contributed by atoms with Gasteiger partial charge < -0.3 is 9.47 Å². The SMILES string of the molecule is C[C@H]([C@H]1OC(C)(C)O[C@@H]1[C@@H](C)P(c1ccccc1)c1ccccc1)P(c1ccccc1)c1ccccc1. The van der Waals surface area contributed by atoms with Crippen LogP contribution in [0.15, 0.2) is 121 Å². The number of ether oxygens (including phenoxy) is 2. The molecule has 0 aliphatic carbocycles. The first-order valence-electron chi connectivity index (χ1n) is 13.1. The van der Waals surface area contributed by atoms with Crippen molar-refractivity contribution < 1.29 is 9.47 Å². The molecule has 37 heavy (non-hydrogen) atoms. The molecule has 0 N–H and O–H groups in total. The number of hydrogen-bond donors (Lipinski definition) is 0. The summed E-state index contributed by atoms with van der Waals surface area (Å²) in [5.74, 6) is -0.624. The predicted molar refractivity (Wildman–Crippen MR) is 161 cm³/mol. The van der Waals surface area contributed by atoms with Crippen molar-refractivity contribution in [2.75, 3.05) is 0 Å². The summed E-state index contributed by atoms with van der Waals surface area (Å²) >= 11 is 0. The molecular weight excluding hydrogens is 490 g/mol. The van der Waals surface area contributed by atoms with Crippen LogP contribution in [0.25, 0.3) is 0 Å². The maximum absolute atomic E-state index is 6.79. The summed E-state index contributed by atoms with van der Waals surface area (Å²) in [4.78, 5) is 0. The van der Waals surface area contributed by atoms with Crippen molar-refractivity contribution in [3.05, 3.63) is 121 Å². The Labute approximate surface area is 224 Å². The summed E-state index contributed by atoms with van der Waals surface area (Å²) in [5.41, 5.74) is 0.551. The van der Waals surface area contributed by atoms with Gasteiger partial charge in [0.25, 0.3) is 0 Å². The first kappa shape index (κ1) is 26.3. The van der Waals surface area contributed by atoms with Crippen molar-refractivity contribution in [1.82, 2.24) is 0 Å². The molecule has 1 heterocycles. The molecule has 0 aromatic heterocycles. The molecule has 0 amide bonds. The molecule has 1 aliphatic heterocycles. The highest BCUT2D eigenvalue weighted by atomic mass is 31.1. The summed E-state index contributed by atoms with van der Waals surface area (Å²) in [5, 5.41) is 5.52. The van der Waals surface area contributed by atoms with Crippen molar-refractivity contribution in [3.8, 4) is 0 Å². The quantitative estimate of drug-likeness (QED) is 0.243. The Bertz CT molecular complexity index is 1070. The van der Waals surface area contributed by atoms with Crippen LogP contribution in [0.3, 0.4) is 0 Å². The zero-order chi connectivity index (χ0) is 25.8. The molecule has 1 aliphatic rings. The number of benzene rings is 4. The van der Waals surface area contributed by atoms with Gasteiger partial charge in [0.1, 0.15) is 0 Å². The largest absolute Gasteiger partial charge is 0.344 e. The third-order valence-electron chi connectivity index (χ3n) is 7.07. The van der Waals surface area contributed by atoms with Crippen molar-refractivity contribution in [2.24, 2.45) is 0 Å². The summed E-state index contributed by atoms with van der Waals surface area (Å²) in [6.45, 7) is 8.88. The molecule has 0 unspecified atom stereocenters. The van der Waals surface area contributed by atoms with Crippen molar-refractivity contribution in [2.45, 2.75) is 57.0 Å². The van der Waals surface area contributed by atoms with Crippen molar-refractivity contribution in [3.63, 3.8) is 0 Å². The first-order valence-corrected chi connectivity index (χ1v) is 15.9. The molecule has 0 bridgehead atoms. The van der Waals surface area contributed by atoms with Crippen LogP contribution in [0, 0.1) is 0 Å². The minimum absolute atomic E-state index is 0.0195. The second-order valence-electron chi connectivity index (χ2n) is 10.1. The summed E-state index contributed by atoms with van der Waals surface area (Å²) in [7, 11) is -1.28. The van der Waals surface area contributed by atoms with Crippen LogP contribution in [0.1, 0.15) is 27.7 Å². The smallest absolute Gasteiger partial charge is 0.163 e. The van der Waals surface area contributed by atoms with Gasteiger partial charge in [0.15, 0.2) is 5.79 Å². The maximum Gasteiger partial charge on any atom is 0.163 e. The van der Waals surface area contributed by atoms with E-state index in [1.807, 2.05) is 0 Å². The van der Waals surface area contributed by atoms with Crippen LogP contribution in [-0.4, -0.2) is 29.3 Å². The minimum atomic E-state index is -0.642. The van der Waals surface area contributed by atoms with Gasteiger partial charge in [-0.3, -0.25) is 0 Å². The van der Waals surface area contributed by atoms with Gasteiger partial charge in [-0.1, -0.05) is 135 Å². The second kappa shape index (κ2) is 11.6. The summed E-state index contributed by atoms with van der Waals surface area (Å²) < 4.78 is 13.6. The van der Waals surface area contributed by atoms with Crippen molar-refractivity contribution >= 4 is 37.1 Å². The van der Waals surface area contributed by atoms with Crippen LogP contribution < -0.4 is 21.2 Å². The summed E-state index contributed by atoms with van der Waals surface area (Å²) in [6.07, 6.45) is -0.0390. The van der Waals surface area contributed by atoms with Crippen LogP contribution in [0.5, 0.6) is 0 Å². The van der Waals surface area contributed by atoms with Gasteiger partial charge in [-0.15, -0.1) is 0 Å². The predicted octanol–water partition coefficient (Wildman–Crippen LogP) is 6.55. The van der Waals surface area contributed by atoms with Crippen LogP contribution in [-0.2, 0) is 9.47 Å². The average molecular weight is 527 g/mol. The van der Waals surface area contributed by atoms with E-state index in [1.165, 1.54) is 21.2 Å². The van der Waals surface area contributed by atoms with E-state index in [-0.39, 0.29) is 23.5 Å². The van der Waals surface area contributed by atoms with E-state index in [9.17, 15) is 0 Å². The third kappa shape index (κ3) is 5.89. The Morgan fingerprint density at radius 1 is 0.486 bits per heavy atom. The molecule has 4 heteroatoms. The van der Waals surface area contributed by atoms with Gasteiger partial charge in [-0.05, 0) is 50.9 Å². The summed E-state index contributed by atoms with van der Waals surface area (Å²) in [6, 6.07) is 43.8. The molecule has 0 saturated carbocycles. The van der Waals surface area contributed by atoms with E-state index in [0.717, 1.165) is 0 Å². The van der Waals surface area contributed by atoms with Gasteiger partial charge >= 0.3 is 0 Å². The lowest BCUT2D eigenvalue weighted by molar-refractivity contribution is -0.145. The molecule has 1 fully saturated rings. The Morgan fingerprint density at radius 3 is 0.973 bits per heavy atom. The maximum atomic E-state index is 6.79. The van der Waals surface area contributed by atoms with E-state index in [0.29, 0.717) is 0 Å². The highest BCUT2D eigenvalue weighted by Crippen LogP contribution is 2.51. The fourth-order valence-corrected chi connectivity index (χ4v) is 10.9. The lowest BCUT2D eigenvalue weighted by Crippen LogP contribution is -2.42. The Hall–Kier alpha value is -2.34. The highest BCUT2D eigenvalue weighted by Gasteiger charge is 2.49. The Kier molecular flexibility index (Phi) is 8.23. The van der Waals surface area contributed by atoms with E-state index >= 15 is 0 Å². The zero-order valence-corrected chi connectivity index (χ0v) is 23.9. The van der Waals surface area contributed by atoms with Gasteiger partial charge in [-0.2, -0.15) is 0 Å². The molecule has 4 atom stereocenters. The van der Waals surface area contributed by atoms with Crippen molar-refractivity contribution in [1.29, 1.82) is 0 Å². The van der Waals surface area contributed by atoms with Gasteiger partial charge in [0.05, 0.1) is 12.2 Å². The highest BCUT2D eigenvalue weighted by molar-refractivity contribution is 7.74. The lowest BCUT2D eigenvalue weighted by Gasteiger charge is -2.36. The van der Waals surface area contributed by atoms with Crippen LogP contribution in [0.4, 0.5) is 0 Å². The molecule has 190 valence electrons. The number of hydrogen-bond acceptors (Lipinski definition) is 2. The minimum Gasteiger partial charge on any atom is -0.344 e. The normalized spacial score (nSPS) is 20.7. The van der Waals surface area contributed by atoms with E-state index in [1.54, 1.807) is 0 Å². The molecule has 1 saturated heterocycles. The first-order chi connectivity index (χ1) is 17.9. The second-order valence-corrected chi connectivity index (χ2v) is 15.3.